The summed E-state index contributed by atoms with van der Waals surface area (Å²) in [5.41, 5.74) is 3.34. The minimum atomic E-state index is -0.820. The first-order chi connectivity index (χ1) is 16.0. The minimum absolute atomic E-state index is 0.0437. The van der Waals surface area contributed by atoms with Gasteiger partial charge in [-0.05, 0) is 112 Å². The van der Waals surface area contributed by atoms with Crippen LogP contribution in [0.15, 0.2) is 24.3 Å². The Morgan fingerprint density at radius 1 is 0.824 bits per heavy atom. The molecule has 0 aliphatic heterocycles. The summed E-state index contributed by atoms with van der Waals surface area (Å²) in [6.45, 7) is 3.19. The average molecular weight is 803 g/mol. The maximum absolute atomic E-state index is 13.3. The Hall–Kier alpha value is -1.49. The normalized spacial score (nSPS) is 10.5. The van der Waals surface area contributed by atoms with E-state index in [0.29, 0.717) is 42.6 Å². The lowest BCUT2D eigenvalue weighted by molar-refractivity contribution is -0.137. The van der Waals surface area contributed by atoms with Crippen LogP contribution in [-0.4, -0.2) is 41.6 Å². The summed E-state index contributed by atoms with van der Waals surface area (Å²) >= 11 is 6.33. The molecule has 2 aromatic carbocycles. The summed E-state index contributed by atoms with van der Waals surface area (Å²) < 4.78 is 2.13. The number of Topliss-reactive ketones (excluding diaryl/α,β-unsaturated/α-hetero) is 2. The smallest absolute Gasteiger partial charge is 0.303 e. The van der Waals surface area contributed by atoms with E-state index in [4.69, 9.17) is 5.11 Å². The Balaban J connectivity index is 2.34. The molecule has 11 heteroatoms. The van der Waals surface area contributed by atoms with Gasteiger partial charge in [0.1, 0.15) is 11.6 Å². The molecule has 0 aromatic heterocycles. The molecule has 0 fully saturated rings. The maximum atomic E-state index is 13.3. The lowest BCUT2D eigenvalue weighted by Crippen LogP contribution is -2.21. The molecule has 0 aliphatic rings. The number of hydrogen-bond donors (Lipinski definition) is 4. The number of anilines is 3. The van der Waals surface area contributed by atoms with E-state index >= 15 is 0 Å². The topological polar surface area (TPSA) is 125 Å². The van der Waals surface area contributed by atoms with Crippen LogP contribution < -0.4 is 16.0 Å². The van der Waals surface area contributed by atoms with Crippen molar-refractivity contribution in [2.75, 3.05) is 29.0 Å². The molecule has 1 amide bonds. The van der Waals surface area contributed by atoms with Gasteiger partial charge in [-0.2, -0.15) is 0 Å². The molecule has 4 N–H and O–H groups in total. The SMILES string of the molecule is CC(=O)CNc1c(I)c(NCC(C)=O)c(I)c(C(=O)Nc2ccc(CCCC(=O)O)cc2)c1I. The molecule has 0 heterocycles. The van der Waals surface area contributed by atoms with E-state index in [1.807, 2.05) is 12.1 Å². The number of ketones is 2. The third-order valence-electron chi connectivity index (χ3n) is 4.64. The van der Waals surface area contributed by atoms with Gasteiger partial charge < -0.3 is 21.1 Å². The number of aryl methyl sites for hydroxylation is 1. The Morgan fingerprint density at radius 3 is 1.76 bits per heavy atom. The average Bonchev–Trinajstić information content (AvgIpc) is 2.74. The molecule has 0 atom stereocenters. The van der Waals surface area contributed by atoms with Gasteiger partial charge in [-0.25, -0.2) is 0 Å². The van der Waals surface area contributed by atoms with Gasteiger partial charge in [-0.3, -0.25) is 19.2 Å². The highest BCUT2D eigenvalue weighted by atomic mass is 127. The molecule has 2 aromatic rings. The van der Waals surface area contributed by atoms with Crippen molar-refractivity contribution in [3.8, 4) is 0 Å². The van der Waals surface area contributed by atoms with Crippen molar-refractivity contribution in [1.29, 1.82) is 0 Å². The van der Waals surface area contributed by atoms with Crippen molar-refractivity contribution in [2.24, 2.45) is 0 Å². The summed E-state index contributed by atoms with van der Waals surface area (Å²) in [4.78, 5) is 47.1. The zero-order chi connectivity index (χ0) is 25.4. The molecule has 182 valence electrons. The minimum Gasteiger partial charge on any atom is -0.481 e. The molecule has 8 nitrogen and oxygen atoms in total. The number of nitrogens with one attached hydrogen (secondary N) is 3. The van der Waals surface area contributed by atoms with Crippen molar-refractivity contribution in [3.05, 3.63) is 46.1 Å². The number of aliphatic carboxylic acids is 1. The van der Waals surface area contributed by atoms with Crippen molar-refractivity contribution >= 4 is 108 Å². The monoisotopic (exact) mass is 803 g/mol. The number of rotatable bonds is 12. The predicted octanol–water partition coefficient (Wildman–Crippen LogP) is 5.16. The summed E-state index contributed by atoms with van der Waals surface area (Å²) in [5, 5.41) is 17.9. The molecule has 2 rings (SSSR count). The largest absolute Gasteiger partial charge is 0.481 e. The van der Waals surface area contributed by atoms with E-state index in [0.717, 1.165) is 9.13 Å². The van der Waals surface area contributed by atoms with E-state index in [1.165, 1.54) is 13.8 Å². The number of hydrogen-bond acceptors (Lipinski definition) is 6. The number of halogens is 3. The maximum Gasteiger partial charge on any atom is 0.303 e. The molecule has 0 saturated carbocycles. The van der Waals surface area contributed by atoms with Crippen molar-refractivity contribution in [2.45, 2.75) is 33.1 Å². The second kappa shape index (κ2) is 13.6. The Kier molecular flexibility index (Phi) is 11.5. The van der Waals surface area contributed by atoms with Crippen LogP contribution in [0.2, 0.25) is 0 Å². The fourth-order valence-corrected chi connectivity index (χ4v) is 7.41. The van der Waals surface area contributed by atoms with Crippen molar-refractivity contribution in [1.82, 2.24) is 0 Å². The van der Waals surface area contributed by atoms with E-state index in [2.05, 4.69) is 83.7 Å². The Morgan fingerprint density at radius 2 is 1.32 bits per heavy atom. The Bertz CT molecular complexity index is 1060. The number of carbonyl (C=O) groups is 4. The van der Waals surface area contributed by atoms with Crippen LogP contribution >= 0.6 is 67.8 Å². The first-order valence-corrected chi connectivity index (χ1v) is 13.5. The van der Waals surface area contributed by atoms with E-state index in [9.17, 15) is 19.2 Å². The summed E-state index contributed by atoms with van der Waals surface area (Å²) in [6, 6.07) is 7.29. The van der Waals surface area contributed by atoms with Crippen LogP contribution in [0.5, 0.6) is 0 Å². The number of amides is 1. The molecular weight excluding hydrogens is 779 g/mol. The molecule has 34 heavy (non-hydrogen) atoms. The van der Waals surface area contributed by atoms with Gasteiger partial charge in [0.2, 0.25) is 0 Å². The van der Waals surface area contributed by atoms with Crippen LogP contribution in [0.3, 0.4) is 0 Å². The van der Waals surface area contributed by atoms with Crippen LogP contribution in [0.1, 0.15) is 42.6 Å². The van der Waals surface area contributed by atoms with Gasteiger partial charge in [0.15, 0.2) is 0 Å². The van der Waals surface area contributed by atoms with Gasteiger partial charge >= 0.3 is 5.97 Å². The van der Waals surface area contributed by atoms with Gasteiger partial charge in [0.05, 0.1) is 40.7 Å². The second-order valence-corrected chi connectivity index (χ2v) is 10.8. The summed E-state index contributed by atoms with van der Waals surface area (Å²) in [5.74, 6) is -1.23. The fourth-order valence-electron chi connectivity index (χ4n) is 2.99. The number of benzene rings is 2. The highest BCUT2D eigenvalue weighted by Gasteiger charge is 2.25. The van der Waals surface area contributed by atoms with Gasteiger partial charge in [-0.1, -0.05) is 12.1 Å². The van der Waals surface area contributed by atoms with E-state index in [1.54, 1.807) is 12.1 Å². The third kappa shape index (κ3) is 8.32. The fraction of sp³-hybridized carbons (Fsp3) is 0.304. The van der Waals surface area contributed by atoms with Crippen LogP contribution in [0.25, 0.3) is 0 Å². The zero-order valence-corrected chi connectivity index (χ0v) is 25.0. The van der Waals surface area contributed by atoms with Gasteiger partial charge in [-0.15, -0.1) is 0 Å². The standard InChI is InChI=1S/C23H24I3N3O5/c1-12(30)10-27-21-18(24)17(19(25)22(20(21)26)28-11-13(2)31)23(34)29-15-8-6-14(7-9-15)4-3-5-16(32)33/h6-9,27-28H,3-5,10-11H2,1-2H3,(H,29,34)(H,32,33). The summed E-state index contributed by atoms with van der Waals surface area (Å²) in [7, 11) is 0. The molecule has 0 bridgehead atoms. The molecule has 0 spiro atoms. The first-order valence-electron chi connectivity index (χ1n) is 10.3. The van der Waals surface area contributed by atoms with Crippen molar-refractivity contribution < 1.29 is 24.3 Å². The molecule has 0 unspecified atom stereocenters. The van der Waals surface area contributed by atoms with Crippen LogP contribution in [0, 0.1) is 10.7 Å². The highest BCUT2D eigenvalue weighted by Crippen LogP contribution is 2.39. The van der Waals surface area contributed by atoms with Crippen LogP contribution in [-0.2, 0) is 20.8 Å². The molecule has 0 saturated heterocycles. The second-order valence-electron chi connectivity index (χ2n) is 7.58. The first kappa shape index (κ1) is 28.7. The van der Waals surface area contributed by atoms with Gasteiger partial charge in [0, 0.05) is 12.1 Å². The lowest BCUT2D eigenvalue weighted by atomic mass is 10.1. The number of carboxylic acids is 1. The van der Waals surface area contributed by atoms with Crippen LogP contribution in [0.4, 0.5) is 17.1 Å². The third-order valence-corrected chi connectivity index (χ3v) is 7.88. The summed E-state index contributed by atoms with van der Waals surface area (Å²) in [6.07, 6.45) is 1.30. The number of carbonyl (C=O) groups excluding carboxylic acids is 3. The predicted molar refractivity (Wildman–Crippen MR) is 158 cm³/mol. The lowest BCUT2D eigenvalue weighted by Gasteiger charge is -2.20. The number of carboxylic acid groups (broad SMARTS) is 1. The van der Waals surface area contributed by atoms with Crippen molar-refractivity contribution in [3.63, 3.8) is 0 Å². The Labute approximate surface area is 238 Å². The molecule has 0 radical (unpaired) electrons. The quantitative estimate of drug-likeness (QED) is 0.219. The van der Waals surface area contributed by atoms with E-state index in [-0.39, 0.29) is 37.0 Å². The van der Waals surface area contributed by atoms with Gasteiger partial charge in [0.25, 0.3) is 5.91 Å². The molecule has 0 aliphatic carbocycles. The van der Waals surface area contributed by atoms with E-state index < -0.39 is 5.97 Å². The zero-order valence-electron chi connectivity index (χ0n) is 18.6. The molecular formula is C23H24I3N3O5. The highest BCUT2D eigenvalue weighted by molar-refractivity contribution is 14.1.